The summed E-state index contributed by atoms with van der Waals surface area (Å²) in [6.07, 6.45) is 4.23. The number of aryl methyl sites for hydroxylation is 1. The van der Waals surface area contributed by atoms with Gasteiger partial charge in [0.1, 0.15) is 0 Å². The van der Waals surface area contributed by atoms with Gasteiger partial charge in [0, 0.05) is 39.8 Å². The van der Waals surface area contributed by atoms with Gasteiger partial charge in [-0.3, -0.25) is 4.79 Å². The molecule has 0 amide bonds. The maximum Gasteiger partial charge on any atom is 0.372 e. The number of ketones is 1. The molecule has 0 saturated carbocycles. The third kappa shape index (κ3) is 3.87. The third-order valence-electron chi connectivity index (χ3n) is 6.19. The van der Waals surface area contributed by atoms with Gasteiger partial charge in [0.25, 0.3) is 0 Å². The number of furan rings is 1. The van der Waals surface area contributed by atoms with Crippen LogP contribution in [0.15, 0.2) is 59.3 Å². The summed E-state index contributed by atoms with van der Waals surface area (Å²) in [4.78, 5) is 31.6. The van der Waals surface area contributed by atoms with Crippen molar-refractivity contribution >= 4 is 33.6 Å². The summed E-state index contributed by atoms with van der Waals surface area (Å²) in [5, 5.41) is 32.2. The maximum absolute atomic E-state index is 13.5. The minimum atomic E-state index is -1.40. The van der Waals surface area contributed by atoms with Gasteiger partial charge in [0.15, 0.2) is 5.75 Å². The highest BCUT2D eigenvalue weighted by Gasteiger charge is 2.32. The fourth-order valence-corrected chi connectivity index (χ4v) is 4.43. The second-order valence-corrected chi connectivity index (χ2v) is 9.22. The van der Waals surface area contributed by atoms with E-state index in [0.29, 0.717) is 29.2 Å². The van der Waals surface area contributed by atoms with Crippen molar-refractivity contribution in [2.75, 3.05) is 0 Å². The lowest BCUT2D eigenvalue weighted by molar-refractivity contribution is 0.0660. The monoisotopic (exact) mass is 472 g/mol. The minimum Gasteiger partial charge on any atom is -0.504 e. The van der Waals surface area contributed by atoms with Gasteiger partial charge < -0.3 is 29.7 Å². The topological polar surface area (TPSA) is 140 Å². The molecule has 0 aliphatic heterocycles. The number of fused-ring (bicyclic) bond motifs is 2. The van der Waals surface area contributed by atoms with E-state index in [1.54, 1.807) is 38.2 Å². The lowest BCUT2D eigenvalue weighted by Gasteiger charge is -2.16. The second-order valence-electron chi connectivity index (χ2n) is 9.22. The first-order valence-electron chi connectivity index (χ1n) is 11.2. The highest BCUT2D eigenvalue weighted by molar-refractivity contribution is 6.18. The second kappa shape index (κ2) is 8.18. The van der Waals surface area contributed by atoms with Crippen LogP contribution in [0, 0.1) is 0 Å². The van der Waals surface area contributed by atoms with E-state index in [-0.39, 0.29) is 11.1 Å². The molecular weight excluding hydrogens is 448 g/mol. The molecule has 0 spiro atoms. The Morgan fingerprint density at radius 3 is 2.46 bits per heavy atom. The van der Waals surface area contributed by atoms with Crippen molar-refractivity contribution in [2.24, 2.45) is 0 Å². The fraction of sp³-hybridized carbons (Fsp3) is 0.185. The fourth-order valence-electron chi connectivity index (χ4n) is 4.43. The van der Waals surface area contributed by atoms with E-state index in [1.165, 1.54) is 6.20 Å². The van der Waals surface area contributed by atoms with E-state index in [1.807, 2.05) is 24.3 Å². The van der Waals surface area contributed by atoms with Gasteiger partial charge in [-0.1, -0.05) is 36.4 Å². The molecule has 0 unspecified atom stereocenters. The number of nitrogens with one attached hydrogen (secondary N) is 2. The summed E-state index contributed by atoms with van der Waals surface area (Å²) in [6, 6.07) is 12.7. The molecule has 3 heterocycles. The highest BCUT2D eigenvalue weighted by Crippen LogP contribution is 2.42. The molecule has 3 aromatic heterocycles. The zero-order valence-electron chi connectivity index (χ0n) is 19.2. The molecule has 0 saturated heterocycles. The van der Waals surface area contributed by atoms with Gasteiger partial charge in [-0.15, -0.1) is 0 Å². The number of aromatic nitrogens is 2. The largest absolute Gasteiger partial charge is 0.504 e. The van der Waals surface area contributed by atoms with Crippen LogP contribution in [0.2, 0.25) is 0 Å². The van der Waals surface area contributed by atoms with Crippen molar-refractivity contribution in [3.63, 3.8) is 0 Å². The van der Waals surface area contributed by atoms with Crippen LogP contribution in [-0.4, -0.2) is 42.6 Å². The summed E-state index contributed by atoms with van der Waals surface area (Å²) >= 11 is 0. The van der Waals surface area contributed by atoms with E-state index >= 15 is 0 Å². The Kier molecular flexibility index (Phi) is 5.25. The first-order chi connectivity index (χ1) is 16.7. The molecule has 8 heteroatoms. The van der Waals surface area contributed by atoms with Gasteiger partial charge in [0.05, 0.1) is 16.7 Å². The van der Waals surface area contributed by atoms with E-state index in [9.17, 15) is 24.9 Å². The average Bonchev–Trinajstić information content (AvgIpc) is 3.51. The number of aliphatic hydroxyl groups is 1. The summed E-state index contributed by atoms with van der Waals surface area (Å²) in [7, 11) is 0. The Bertz CT molecular complexity index is 1600. The molecule has 8 nitrogen and oxygen atoms in total. The number of benzene rings is 2. The number of aromatic carboxylic acids is 1. The Labute approximate surface area is 199 Å². The normalized spacial score (nSPS) is 12.0. The molecule has 0 aliphatic rings. The number of carbonyl (C=O) groups excluding carboxylic acids is 1. The lowest BCUT2D eigenvalue weighted by Crippen LogP contribution is -2.19. The van der Waals surface area contributed by atoms with Crippen LogP contribution in [0.4, 0.5) is 0 Å². The van der Waals surface area contributed by atoms with Gasteiger partial charge in [-0.2, -0.15) is 0 Å². The number of carbonyl (C=O) groups is 2. The quantitative estimate of drug-likeness (QED) is 0.205. The van der Waals surface area contributed by atoms with Crippen molar-refractivity contribution in [2.45, 2.75) is 32.3 Å². The first-order valence-corrected chi connectivity index (χ1v) is 11.2. The van der Waals surface area contributed by atoms with E-state index < -0.39 is 34.6 Å². The molecule has 5 N–H and O–H groups in total. The standard InChI is InChI=1S/C27H24N2O6/c1-27(2,34)11-10-14-6-5-8-16-18(13-29-21(14)16)22(30)25-23(31)20(24(35-25)26(32)33)17-12-28-19-9-4-3-7-15(17)19/h3-9,12-13,28-29,31,34H,10-11H2,1-2H3,(H,32,33). The SMILES string of the molecule is CC(C)(O)CCc1cccc2c(C(=O)c3oc(C(=O)O)c(-c4c[nH]c5ccccc45)c3O)c[nH]c12. The van der Waals surface area contributed by atoms with Gasteiger partial charge in [-0.25, -0.2) is 4.79 Å². The predicted octanol–water partition coefficient (Wildman–Crippen LogP) is 5.25. The number of rotatable bonds is 7. The Hall–Kier alpha value is -4.30. The van der Waals surface area contributed by atoms with Crippen molar-refractivity contribution < 1.29 is 29.3 Å². The van der Waals surface area contributed by atoms with Crippen LogP contribution in [0.5, 0.6) is 5.75 Å². The van der Waals surface area contributed by atoms with Crippen molar-refractivity contribution in [3.05, 3.63) is 77.5 Å². The van der Waals surface area contributed by atoms with Gasteiger partial charge in [0.2, 0.25) is 17.3 Å². The van der Waals surface area contributed by atoms with E-state index in [0.717, 1.165) is 16.6 Å². The Balaban J connectivity index is 1.60. The lowest BCUT2D eigenvalue weighted by atomic mass is 9.96. The summed E-state index contributed by atoms with van der Waals surface area (Å²) in [5.74, 6) is -3.51. The Morgan fingerprint density at radius 2 is 1.71 bits per heavy atom. The molecular formula is C27H24N2O6. The molecule has 5 aromatic rings. The third-order valence-corrected chi connectivity index (χ3v) is 6.19. The maximum atomic E-state index is 13.5. The molecule has 0 fully saturated rings. The summed E-state index contributed by atoms with van der Waals surface area (Å²) < 4.78 is 5.48. The smallest absolute Gasteiger partial charge is 0.372 e. The summed E-state index contributed by atoms with van der Waals surface area (Å²) in [5.41, 5.74) is 2.20. The predicted molar refractivity (Wildman–Crippen MR) is 131 cm³/mol. The van der Waals surface area contributed by atoms with Crippen molar-refractivity contribution in [3.8, 4) is 16.9 Å². The van der Waals surface area contributed by atoms with Crippen LogP contribution < -0.4 is 0 Å². The number of carboxylic acid groups (broad SMARTS) is 1. The van der Waals surface area contributed by atoms with Gasteiger partial charge in [-0.05, 0) is 38.3 Å². The Morgan fingerprint density at radius 1 is 0.971 bits per heavy atom. The van der Waals surface area contributed by atoms with Crippen LogP contribution >= 0.6 is 0 Å². The number of aromatic hydroxyl groups is 1. The first kappa shape index (κ1) is 22.5. The zero-order valence-corrected chi connectivity index (χ0v) is 19.2. The molecule has 0 radical (unpaired) electrons. The molecule has 0 bridgehead atoms. The molecule has 35 heavy (non-hydrogen) atoms. The zero-order chi connectivity index (χ0) is 24.9. The molecule has 178 valence electrons. The van der Waals surface area contributed by atoms with E-state index in [2.05, 4.69) is 9.97 Å². The summed E-state index contributed by atoms with van der Waals surface area (Å²) in [6.45, 7) is 3.48. The highest BCUT2D eigenvalue weighted by atomic mass is 16.4. The minimum absolute atomic E-state index is 0.0518. The van der Waals surface area contributed by atoms with Crippen LogP contribution in [0.3, 0.4) is 0 Å². The molecule has 0 atom stereocenters. The van der Waals surface area contributed by atoms with Crippen molar-refractivity contribution in [1.82, 2.24) is 9.97 Å². The van der Waals surface area contributed by atoms with Crippen LogP contribution in [0.1, 0.15) is 52.5 Å². The number of para-hydroxylation sites is 2. The van der Waals surface area contributed by atoms with Crippen molar-refractivity contribution in [1.29, 1.82) is 0 Å². The van der Waals surface area contributed by atoms with Crippen LogP contribution in [0.25, 0.3) is 32.9 Å². The van der Waals surface area contributed by atoms with E-state index in [4.69, 9.17) is 4.42 Å². The molecule has 0 aliphatic carbocycles. The average molecular weight is 472 g/mol. The number of aromatic amines is 2. The molecule has 2 aromatic carbocycles. The number of hydrogen-bond acceptors (Lipinski definition) is 5. The van der Waals surface area contributed by atoms with Crippen LogP contribution in [-0.2, 0) is 6.42 Å². The number of H-pyrrole nitrogens is 2. The number of carboxylic acids is 1. The molecule has 5 rings (SSSR count). The number of hydrogen-bond donors (Lipinski definition) is 5. The van der Waals surface area contributed by atoms with Gasteiger partial charge >= 0.3 is 5.97 Å².